The highest BCUT2D eigenvalue weighted by Gasteiger charge is 2.11. The van der Waals surface area contributed by atoms with Crippen molar-refractivity contribution in [2.24, 2.45) is 5.92 Å². The van der Waals surface area contributed by atoms with Crippen molar-refractivity contribution in [2.45, 2.75) is 33.6 Å². The van der Waals surface area contributed by atoms with Crippen LogP contribution in [-0.2, 0) is 0 Å². The molecule has 18 heavy (non-hydrogen) atoms. The van der Waals surface area contributed by atoms with Gasteiger partial charge >= 0.3 is 0 Å². The molecule has 1 aromatic rings. The Morgan fingerprint density at radius 1 is 1.28 bits per heavy atom. The van der Waals surface area contributed by atoms with Crippen molar-refractivity contribution in [3.05, 3.63) is 28.2 Å². The zero-order valence-corrected chi connectivity index (χ0v) is 13.0. The molecule has 0 aliphatic rings. The van der Waals surface area contributed by atoms with Crippen LogP contribution in [-0.4, -0.2) is 13.1 Å². The van der Waals surface area contributed by atoms with Crippen LogP contribution in [0.4, 0.5) is 5.69 Å². The van der Waals surface area contributed by atoms with Gasteiger partial charge in [-0.05, 0) is 47.0 Å². The summed E-state index contributed by atoms with van der Waals surface area (Å²) in [5, 5.41) is 8.93. The lowest BCUT2D eigenvalue weighted by molar-refractivity contribution is 0.486. The SMILES string of the molecule is CCC(CC)CN(CC)c1ccc(C#N)c(Br)c1. The lowest BCUT2D eigenvalue weighted by Gasteiger charge is -2.27. The van der Waals surface area contributed by atoms with Crippen LogP contribution in [0.3, 0.4) is 0 Å². The second kappa shape index (κ2) is 7.43. The van der Waals surface area contributed by atoms with Gasteiger partial charge in [-0.1, -0.05) is 26.7 Å². The summed E-state index contributed by atoms with van der Waals surface area (Å²) in [5.41, 5.74) is 1.88. The fourth-order valence-electron chi connectivity index (χ4n) is 2.07. The van der Waals surface area contributed by atoms with E-state index in [-0.39, 0.29) is 0 Å². The molecule has 0 saturated carbocycles. The number of rotatable bonds is 6. The van der Waals surface area contributed by atoms with Crippen molar-refractivity contribution >= 4 is 21.6 Å². The van der Waals surface area contributed by atoms with Gasteiger partial charge in [0.1, 0.15) is 6.07 Å². The van der Waals surface area contributed by atoms with Gasteiger partial charge in [0.15, 0.2) is 0 Å². The topological polar surface area (TPSA) is 27.0 Å². The molecule has 1 aromatic carbocycles. The quantitative estimate of drug-likeness (QED) is 0.769. The molecular formula is C15H21BrN2. The summed E-state index contributed by atoms with van der Waals surface area (Å²) in [4.78, 5) is 2.38. The van der Waals surface area contributed by atoms with E-state index in [2.05, 4.69) is 47.7 Å². The van der Waals surface area contributed by atoms with Gasteiger partial charge in [0, 0.05) is 23.2 Å². The number of nitrogens with zero attached hydrogens (tertiary/aromatic N) is 2. The second-order valence-corrected chi connectivity index (χ2v) is 5.35. The van der Waals surface area contributed by atoms with Gasteiger partial charge in [0.05, 0.1) is 5.56 Å². The number of anilines is 1. The second-order valence-electron chi connectivity index (χ2n) is 4.50. The van der Waals surface area contributed by atoms with Gasteiger partial charge in [-0.2, -0.15) is 5.26 Å². The Morgan fingerprint density at radius 3 is 2.39 bits per heavy atom. The minimum absolute atomic E-state index is 0.692. The van der Waals surface area contributed by atoms with Crippen LogP contribution in [0.15, 0.2) is 22.7 Å². The smallest absolute Gasteiger partial charge is 0.100 e. The first-order valence-electron chi connectivity index (χ1n) is 6.60. The summed E-state index contributed by atoms with van der Waals surface area (Å²) < 4.78 is 0.880. The first-order chi connectivity index (χ1) is 8.65. The van der Waals surface area contributed by atoms with Gasteiger partial charge in [0.2, 0.25) is 0 Å². The first-order valence-corrected chi connectivity index (χ1v) is 7.40. The predicted molar refractivity (Wildman–Crippen MR) is 80.8 cm³/mol. The molecule has 0 fully saturated rings. The standard InChI is InChI=1S/C15H21BrN2/c1-4-12(5-2)11-18(6-3)14-8-7-13(10-17)15(16)9-14/h7-9,12H,4-6,11H2,1-3H3. The Bertz CT molecular complexity index is 419. The zero-order chi connectivity index (χ0) is 13.5. The molecule has 0 radical (unpaired) electrons. The molecule has 0 unspecified atom stereocenters. The minimum atomic E-state index is 0.692. The average Bonchev–Trinajstić information content (AvgIpc) is 2.40. The van der Waals surface area contributed by atoms with Crippen LogP contribution in [0, 0.1) is 17.2 Å². The maximum absolute atomic E-state index is 8.93. The maximum atomic E-state index is 8.93. The van der Waals surface area contributed by atoms with Gasteiger partial charge in [-0.25, -0.2) is 0 Å². The van der Waals surface area contributed by atoms with E-state index in [1.165, 1.54) is 18.5 Å². The molecule has 0 amide bonds. The van der Waals surface area contributed by atoms with Crippen molar-refractivity contribution in [1.29, 1.82) is 5.26 Å². The average molecular weight is 309 g/mol. The molecule has 2 nitrogen and oxygen atoms in total. The Labute approximate surface area is 119 Å². The van der Waals surface area contributed by atoms with Crippen molar-refractivity contribution in [3.8, 4) is 6.07 Å². The van der Waals surface area contributed by atoms with Gasteiger partial charge < -0.3 is 4.90 Å². The largest absolute Gasteiger partial charge is 0.372 e. The lowest BCUT2D eigenvalue weighted by atomic mass is 10.0. The number of halogens is 1. The summed E-state index contributed by atoms with van der Waals surface area (Å²) in [5.74, 6) is 0.736. The van der Waals surface area contributed by atoms with E-state index in [4.69, 9.17) is 5.26 Å². The molecule has 0 atom stereocenters. The molecule has 0 bridgehead atoms. The zero-order valence-electron chi connectivity index (χ0n) is 11.4. The summed E-state index contributed by atoms with van der Waals surface area (Å²) in [6.45, 7) is 8.75. The number of hydrogen-bond acceptors (Lipinski definition) is 2. The third-order valence-corrected chi connectivity index (χ3v) is 4.11. The van der Waals surface area contributed by atoms with Crippen LogP contribution in [0.1, 0.15) is 39.2 Å². The summed E-state index contributed by atoms with van der Waals surface area (Å²) in [6, 6.07) is 8.14. The number of hydrogen-bond donors (Lipinski definition) is 0. The summed E-state index contributed by atoms with van der Waals surface area (Å²) in [6.07, 6.45) is 2.43. The molecule has 0 aliphatic carbocycles. The van der Waals surface area contributed by atoms with Crippen LogP contribution >= 0.6 is 15.9 Å². The highest BCUT2D eigenvalue weighted by molar-refractivity contribution is 9.10. The van der Waals surface area contributed by atoms with Crippen molar-refractivity contribution in [1.82, 2.24) is 0 Å². The molecular weight excluding hydrogens is 288 g/mol. The van der Waals surface area contributed by atoms with Crippen molar-refractivity contribution in [2.75, 3.05) is 18.0 Å². The maximum Gasteiger partial charge on any atom is 0.100 e. The number of benzene rings is 1. The molecule has 0 aliphatic heterocycles. The molecule has 0 saturated heterocycles. The molecule has 0 spiro atoms. The normalized spacial score (nSPS) is 10.4. The van der Waals surface area contributed by atoms with E-state index < -0.39 is 0 Å². The Balaban J connectivity index is 2.89. The fraction of sp³-hybridized carbons (Fsp3) is 0.533. The van der Waals surface area contributed by atoms with Crippen LogP contribution in [0.2, 0.25) is 0 Å². The van der Waals surface area contributed by atoms with Crippen molar-refractivity contribution in [3.63, 3.8) is 0 Å². The van der Waals surface area contributed by atoms with Crippen LogP contribution in [0.5, 0.6) is 0 Å². The highest BCUT2D eigenvalue weighted by Crippen LogP contribution is 2.25. The van der Waals surface area contributed by atoms with Gasteiger partial charge in [-0.15, -0.1) is 0 Å². The van der Waals surface area contributed by atoms with E-state index in [0.29, 0.717) is 5.56 Å². The van der Waals surface area contributed by atoms with E-state index in [0.717, 1.165) is 23.5 Å². The Kier molecular flexibility index (Phi) is 6.21. The Hall–Kier alpha value is -1.01. The molecule has 0 N–H and O–H groups in total. The molecule has 1 rings (SSSR count). The predicted octanol–water partition coefficient (Wildman–Crippen LogP) is 4.58. The van der Waals surface area contributed by atoms with E-state index in [9.17, 15) is 0 Å². The van der Waals surface area contributed by atoms with E-state index >= 15 is 0 Å². The minimum Gasteiger partial charge on any atom is -0.372 e. The van der Waals surface area contributed by atoms with Crippen molar-refractivity contribution < 1.29 is 0 Å². The van der Waals surface area contributed by atoms with E-state index in [1.807, 2.05) is 18.2 Å². The molecule has 3 heteroatoms. The summed E-state index contributed by atoms with van der Waals surface area (Å²) >= 11 is 3.46. The highest BCUT2D eigenvalue weighted by atomic mass is 79.9. The molecule has 0 aromatic heterocycles. The third kappa shape index (κ3) is 3.74. The number of nitriles is 1. The van der Waals surface area contributed by atoms with Gasteiger partial charge in [0.25, 0.3) is 0 Å². The van der Waals surface area contributed by atoms with E-state index in [1.54, 1.807) is 0 Å². The fourth-order valence-corrected chi connectivity index (χ4v) is 2.52. The first kappa shape index (κ1) is 15.0. The van der Waals surface area contributed by atoms with Gasteiger partial charge in [-0.3, -0.25) is 0 Å². The third-order valence-electron chi connectivity index (χ3n) is 3.45. The van der Waals surface area contributed by atoms with Crippen LogP contribution in [0.25, 0.3) is 0 Å². The summed E-state index contributed by atoms with van der Waals surface area (Å²) in [7, 11) is 0. The van der Waals surface area contributed by atoms with Crippen LogP contribution < -0.4 is 4.90 Å². The Morgan fingerprint density at radius 2 is 1.94 bits per heavy atom. The molecule has 0 heterocycles. The monoisotopic (exact) mass is 308 g/mol. The molecule has 98 valence electrons. The lowest BCUT2D eigenvalue weighted by Crippen LogP contribution is -2.28.